The van der Waals surface area contributed by atoms with Gasteiger partial charge in [-0.25, -0.2) is 9.78 Å². The van der Waals surface area contributed by atoms with Gasteiger partial charge in [0.15, 0.2) is 5.13 Å². The number of benzene rings is 2. The Labute approximate surface area is 168 Å². The lowest BCUT2D eigenvalue weighted by Gasteiger charge is -2.34. The van der Waals surface area contributed by atoms with E-state index in [4.69, 9.17) is 9.72 Å². The van der Waals surface area contributed by atoms with Crippen LogP contribution in [0.1, 0.15) is 11.1 Å². The molecular formula is C21H24N4O2S. The van der Waals surface area contributed by atoms with Gasteiger partial charge in [0.25, 0.3) is 0 Å². The monoisotopic (exact) mass is 396 g/mol. The molecule has 1 N–H and O–H groups in total. The maximum atomic E-state index is 12.5. The zero-order chi connectivity index (χ0) is 19.7. The molecule has 1 saturated heterocycles. The molecule has 3 aromatic rings. The normalized spacial score (nSPS) is 14.4. The highest BCUT2D eigenvalue weighted by Gasteiger charge is 2.23. The molecular weight excluding hydrogens is 372 g/mol. The maximum Gasteiger partial charge on any atom is 0.321 e. The molecule has 1 aromatic heterocycles. The highest BCUT2D eigenvalue weighted by molar-refractivity contribution is 7.22. The Morgan fingerprint density at radius 2 is 1.71 bits per heavy atom. The molecule has 0 aliphatic carbocycles. The number of fused-ring (bicyclic) bond motifs is 1. The summed E-state index contributed by atoms with van der Waals surface area (Å²) in [6.07, 6.45) is 0. The fourth-order valence-corrected chi connectivity index (χ4v) is 4.52. The molecule has 1 aliphatic heterocycles. The average Bonchev–Trinajstić information content (AvgIpc) is 3.18. The Hall–Kier alpha value is -2.80. The van der Waals surface area contributed by atoms with Crippen molar-refractivity contribution < 1.29 is 9.53 Å². The van der Waals surface area contributed by atoms with E-state index in [0.29, 0.717) is 13.1 Å². The second-order valence-electron chi connectivity index (χ2n) is 7.01. The number of piperazine rings is 1. The van der Waals surface area contributed by atoms with Crippen LogP contribution in [0.15, 0.2) is 36.4 Å². The van der Waals surface area contributed by atoms with E-state index in [2.05, 4.69) is 36.2 Å². The Balaban J connectivity index is 1.39. The first kappa shape index (κ1) is 18.6. The third kappa shape index (κ3) is 3.62. The summed E-state index contributed by atoms with van der Waals surface area (Å²) in [5.74, 6) is 0.771. The van der Waals surface area contributed by atoms with Crippen molar-refractivity contribution in [1.82, 2.24) is 9.88 Å². The first-order valence-corrected chi connectivity index (χ1v) is 10.2. The number of nitrogens with one attached hydrogen (secondary N) is 1. The van der Waals surface area contributed by atoms with Crippen molar-refractivity contribution in [3.8, 4) is 5.75 Å². The number of anilines is 2. The minimum absolute atomic E-state index is 0.0687. The van der Waals surface area contributed by atoms with Crippen LogP contribution in [0, 0.1) is 13.8 Å². The van der Waals surface area contributed by atoms with Gasteiger partial charge >= 0.3 is 6.03 Å². The van der Waals surface area contributed by atoms with Gasteiger partial charge in [-0.05, 0) is 49.2 Å². The van der Waals surface area contributed by atoms with Crippen molar-refractivity contribution in [2.45, 2.75) is 13.8 Å². The van der Waals surface area contributed by atoms with E-state index in [-0.39, 0.29) is 6.03 Å². The molecule has 2 heterocycles. The topological polar surface area (TPSA) is 57.7 Å². The van der Waals surface area contributed by atoms with Crippen LogP contribution in [-0.4, -0.2) is 49.2 Å². The van der Waals surface area contributed by atoms with Gasteiger partial charge in [0.1, 0.15) is 5.75 Å². The molecule has 2 aromatic carbocycles. The molecule has 0 saturated carbocycles. The lowest BCUT2D eigenvalue weighted by molar-refractivity contribution is 0.208. The number of nitrogens with zero attached hydrogens (tertiary/aromatic N) is 3. The van der Waals surface area contributed by atoms with Crippen molar-refractivity contribution in [1.29, 1.82) is 0 Å². The molecule has 0 unspecified atom stereocenters. The minimum Gasteiger partial charge on any atom is -0.497 e. The molecule has 0 spiro atoms. The fraction of sp³-hybridized carbons (Fsp3) is 0.333. The molecule has 28 heavy (non-hydrogen) atoms. The Morgan fingerprint density at radius 3 is 2.36 bits per heavy atom. The van der Waals surface area contributed by atoms with Gasteiger partial charge in [-0.3, -0.25) is 0 Å². The molecule has 0 radical (unpaired) electrons. The predicted molar refractivity (Wildman–Crippen MR) is 115 cm³/mol. The number of amides is 2. The van der Waals surface area contributed by atoms with E-state index in [9.17, 15) is 4.79 Å². The van der Waals surface area contributed by atoms with Gasteiger partial charge in [0.05, 0.1) is 17.3 Å². The summed E-state index contributed by atoms with van der Waals surface area (Å²) in [4.78, 5) is 21.5. The number of thiazole rings is 1. The number of rotatable bonds is 3. The summed E-state index contributed by atoms with van der Waals surface area (Å²) in [5.41, 5.74) is 4.34. The summed E-state index contributed by atoms with van der Waals surface area (Å²) in [6.45, 7) is 7.16. The van der Waals surface area contributed by atoms with Crippen LogP contribution in [0.4, 0.5) is 15.6 Å². The fourth-order valence-electron chi connectivity index (χ4n) is 3.36. The van der Waals surface area contributed by atoms with E-state index in [1.807, 2.05) is 29.2 Å². The van der Waals surface area contributed by atoms with E-state index in [0.717, 1.165) is 35.2 Å². The number of methoxy groups -OCH3 is 1. The first-order valence-electron chi connectivity index (χ1n) is 9.37. The summed E-state index contributed by atoms with van der Waals surface area (Å²) in [6, 6.07) is 11.6. The Bertz CT molecular complexity index is 953. The van der Waals surface area contributed by atoms with Crippen molar-refractivity contribution in [3.63, 3.8) is 0 Å². The minimum atomic E-state index is -0.0687. The van der Waals surface area contributed by atoms with Crippen LogP contribution in [0.2, 0.25) is 0 Å². The number of urea groups is 1. The number of ether oxygens (including phenoxy) is 1. The van der Waals surface area contributed by atoms with Crippen molar-refractivity contribution in [2.75, 3.05) is 43.5 Å². The van der Waals surface area contributed by atoms with E-state index < -0.39 is 0 Å². The van der Waals surface area contributed by atoms with Gasteiger partial charge in [-0.15, -0.1) is 0 Å². The summed E-state index contributed by atoms with van der Waals surface area (Å²) >= 11 is 1.74. The number of hydrogen-bond donors (Lipinski definition) is 1. The highest BCUT2D eigenvalue weighted by atomic mass is 32.1. The number of aryl methyl sites for hydroxylation is 2. The number of carbonyl (C=O) groups excluding carboxylic acids is 1. The van der Waals surface area contributed by atoms with Crippen molar-refractivity contribution in [3.05, 3.63) is 47.5 Å². The van der Waals surface area contributed by atoms with E-state index in [1.165, 1.54) is 15.8 Å². The quantitative estimate of drug-likeness (QED) is 0.718. The average molecular weight is 397 g/mol. The maximum absolute atomic E-state index is 12.5. The van der Waals surface area contributed by atoms with Gasteiger partial charge in [0, 0.05) is 31.9 Å². The highest BCUT2D eigenvalue weighted by Crippen LogP contribution is 2.33. The van der Waals surface area contributed by atoms with E-state index >= 15 is 0 Å². The van der Waals surface area contributed by atoms with Crippen LogP contribution in [0.5, 0.6) is 5.75 Å². The second kappa shape index (κ2) is 7.67. The lowest BCUT2D eigenvalue weighted by Crippen LogP contribution is -2.50. The molecule has 1 fully saturated rings. The van der Waals surface area contributed by atoms with Crippen molar-refractivity contribution >= 4 is 38.4 Å². The summed E-state index contributed by atoms with van der Waals surface area (Å²) < 4.78 is 6.41. The molecule has 0 atom stereocenters. The molecule has 6 nitrogen and oxygen atoms in total. The van der Waals surface area contributed by atoms with Gasteiger partial charge in [-0.2, -0.15) is 0 Å². The van der Waals surface area contributed by atoms with Gasteiger partial charge in [0.2, 0.25) is 0 Å². The zero-order valence-corrected chi connectivity index (χ0v) is 17.2. The molecule has 146 valence electrons. The third-order valence-electron chi connectivity index (χ3n) is 5.11. The lowest BCUT2D eigenvalue weighted by atomic mass is 10.1. The van der Waals surface area contributed by atoms with Gasteiger partial charge < -0.3 is 19.9 Å². The first-order chi connectivity index (χ1) is 13.5. The molecule has 1 aliphatic rings. The van der Waals surface area contributed by atoms with Crippen LogP contribution >= 0.6 is 11.3 Å². The van der Waals surface area contributed by atoms with Crippen LogP contribution < -0.4 is 15.0 Å². The number of carbonyl (C=O) groups is 1. The third-order valence-corrected chi connectivity index (χ3v) is 6.36. The Morgan fingerprint density at radius 1 is 1.04 bits per heavy atom. The number of hydrogen-bond acceptors (Lipinski definition) is 5. The zero-order valence-electron chi connectivity index (χ0n) is 16.4. The van der Waals surface area contributed by atoms with Crippen LogP contribution in [0.3, 0.4) is 0 Å². The largest absolute Gasteiger partial charge is 0.497 e. The second-order valence-corrected chi connectivity index (χ2v) is 7.98. The molecule has 7 heteroatoms. The van der Waals surface area contributed by atoms with Gasteiger partial charge in [-0.1, -0.05) is 23.5 Å². The smallest absolute Gasteiger partial charge is 0.321 e. The summed E-state index contributed by atoms with van der Waals surface area (Å²) in [7, 11) is 1.63. The van der Waals surface area contributed by atoms with Crippen LogP contribution in [-0.2, 0) is 0 Å². The molecule has 4 rings (SSSR count). The molecule has 0 bridgehead atoms. The SMILES string of the molecule is COc1ccc(NC(=O)N2CCN(c3nc4c(C)ccc(C)c4s3)CC2)cc1. The predicted octanol–water partition coefficient (Wildman–Crippen LogP) is 4.28. The Kier molecular flexibility index (Phi) is 5.09. The number of aromatic nitrogens is 1. The standard InChI is InChI=1S/C21H24N4O2S/c1-14-4-5-15(2)19-18(14)23-21(28-19)25-12-10-24(11-13-25)20(26)22-16-6-8-17(27-3)9-7-16/h4-9H,10-13H2,1-3H3,(H,22,26). The summed E-state index contributed by atoms with van der Waals surface area (Å²) in [5, 5.41) is 4.00. The van der Waals surface area contributed by atoms with Crippen molar-refractivity contribution in [2.24, 2.45) is 0 Å². The van der Waals surface area contributed by atoms with E-state index in [1.54, 1.807) is 18.4 Å². The molecule has 2 amide bonds. The van der Waals surface area contributed by atoms with Crippen LogP contribution in [0.25, 0.3) is 10.2 Å².